The molecular formula is C9H8BrF2NO2. The molecule has 2 N–H and O–H groups in total. The molecule has 0 amide bonds. The highest BCUT2D eigenvalue weighted by atomic mass is 79.9. The quantitative estimate of drug-likeness (QED) is 0.684. The summed E-state index contributed by atoms with van der Waals surface area (Å²) in [6.07, 6.45) is 0. The van der Waals surface area contributed by atoms with Crippen molar-refractivity contribution in [2.45, 2.75) is 13.5 Å². The minimum absolute atomic E-state index is 0.0373. The van der Waals surface area contributed by atoms with Crippen molar-refractivity contribution < 1.29 is 18.3 Å². The fraction of sp³-hybridized carbons (Fsp3) is 0.222. The predicted molar refractivity (Wildman–Crippen MR) is 55.2 cm³/mol. The number of nitrogens with two attached hydrogens (primary N) is 1. The molecule has 1 aromatic rings. The van der Waals surface area contributed by atoms with Crippen LogP contribution in [0.25, 0.3) is 0 Å². The average Bonchev–Trinajstić information content (AvgIpc) is 2.10. The van der Waals surface area contributed by atoms with E-state index >= 15 is 0 Å². The summed E-state index contributed by atoms with van der Waals surface area (Å²) in [7, 11) is 0. The zero-order valence-corrected chi connectivity index (χ0v) is 9.35. The van der Waals surface area contributed by atoms with Crippen molar-refractivity contribution in [3.05, 3.63) is 22.2 Å². The molecule has 1 aromatic carbocycles. The van der Waals surface area contributed by atoms with E-state index in [1.54, 1.807) is 0 Å². The zero-order chi connectivity index (χ0) is 11.6. The fourth-order valence-corrected chi connectivity index (χ4v) is 1.56. The van der Waals surface area contributed by atoms with E-state index in [9.17, 15) is 13.6 Å². The van der Waals surface area contributed by atoms with Crippen LogP contribution < -0.4 is 10.5 Å². The molecule has 0 atom stereocenters. The number of hydrogen-bond donors (Lipinski definition) is 1. The third kappa shape index (κ3) is 2.65. The average molecular weight is 280 g/mol. The van der Waals surface area contributed by atoms with E-state index in [1.807, 2.05) is 0 Å². The Hall–Kier alpha value is -1.17. The van der Waals surface area contributed by atoms with Crippen molar-refractivity contribution in [3.63, 3.8) is 0 Å². The molecular weight excluding hydrogens is 272 g/mol. The number of alkyl halides is 2. The van der Waals surface area contributed by atoms with E-state index in [-0.39, 0.29) is 21.5 Å². The second kappa shape index (κ2) is 4.57. The Bertz CT molecular complexity index is 396. The highest BCUT2D eigenvalue weighted by molar-refractivity contribution is 9.10. The molecule has 0 bridgehead atoms. The number of halogens is 3. The summed E-state index contributed by atoms with van der Waals surface area (Å²) in [5.74, 6) is -0.651. The first-order valence-corrected chi connectivity index (χ1v) is 4.76. The van der Waals surface area contributed by atoms with E-state index in [4.69, 9.17) is 5.73 Å². The highest BCUT2D eigenvalue weighted by Crippen LogP contribution is 2.34. The van der Waals surface area contributed by atoms with E-state index < -0.39 is 12.4 Å². The summed E-state index contributed by atoms with van der Waals surface area (Å²) in [6.45, 7) is -1.77. The highest BCUT2D eigenvalue weighted by Gasteiger charge is 2.18. The Labute approximate surface area is 93.3 Å². The van der Waals surface area contributed by atoms with Crippen LogP contribution in [0, 0.1) is 0 Å². The smallest absolute Gasteiger partial charge is 0.387 e. The van der Waals surface area contributed by atoms with Gasteiger partial charge in [0.15, 0.2) is 11.5 Å². The van der Waals surface area contributed by atoms with Gasteiger partial charge in [-0.25, -0.2) is 0 Å². The van der Waals surface area contributed by atoms with Crippen molar-refractivity contribution in [1.29, 1.82) is 0 Å². The van der Waals surface area contributed by atoms with Gasteiger partial charge in [-0.3, -0.25) is 4.79 Å². The van der Waals surface area contributed by atoms with Gasteiger partial charge in [0.2, 0.25) is 0 Å². The van der Waals surface area contributed by atoms with Gasteiger partial charge in [0.25, 0.3) is 0 Å². The van der Waals surface area contributed by atoms with Gasteiger partial charge in [-0.05, 0) is 35.0 Å². The van der Waals surface area contributed by atoms with Gasteiger partial charge in [-0.2, -0.15) is 8.78 Å². The molecule has 0 saturated heterocycles. The maximum absolute atomic E-state index is 12.1. The summed E-state index contributed by atoms with van der Waals surface area (Å²) in [6, 6.07) is 2.89. The maximum Gasteiger partial charge on any atom is 0.387 e. The molecule has 0 heterocycles. The van der Waals surface area contributed by atoms with E-state index in [2.05, 4.69) is 20.7 Å². The Balaban J connectivity index is 3.31. The van der Waals surface area contributed by atoms with Gasteiger partial charge < -0.3 is 10.5 Å². The lowest BCUT2D eigenvalue weighted by Crippen LogP contribution is -2.09. The summed E-state index contributed by atoms with van der Waals surface area (Å²) in [5.41, 5.74) is 5.58. The van der Waals surface area contributed by atoms with Crippen molar-refractivity contribution >= 4 is 27.4 Å². The third-order valence-corrected chi connectivity index (χ3v) is 2.33. The number of anilines is 1. The van der Waals surface area contributed by atoms with E-state index in [0.29, 0.717) is 0 Å². The molecule has 3 nitrogen and oxygen atoms in total. The standard InChI is InChI=1S/C9H8BrF2NO2/c1-4(14)7-6(13)3-2-5(10)8(7)15-9(11)12/h2-3,9H,13H2,1H3. The van der Waals surface area contributed by atoms with Crippen LogP contribution in [0.15, 0.2) is 16.6 Å². The number of carbonyl (C=O) groups is 1. The molecule has 0 aliphatic rings. The second-order valence-corrected chi connectivity index (χ2v) is 3.63. The molecule has 0 aromatic heterocycles. The number of carbonyl (C=O) groups excluding carboxylic acids is 1. The fourth-order valence-electron chi connectivity index (χ4n) is 1.14. The molecule has 0 aliphatic heterocycles. The monoisotopic (exact) mass is 279 g/mol. The molecule has 0 aliphatic carbocycles. The zero-order valence-electron chi connectivity index (χ0n) is 7.76. The number of Topliss-reactive ketones (excluding diaryl/α,β-unsaturated/α-hetero) is 1. The molecule has 0 saturated carbocycles. The van der Waals surface area contributed by atoms with E-state index in [0.717, 1.165) is 0 Å². The molecule has 0 spiro atoms. The van der Waals surface area contributed by atoms with Crippen molar-refractivity contribution in [2.75, 3.05) is 5.73 Å². The second-order valence-electron chi connectivity index (χ2n) is 2.78. The number of rotatable bonds is 3. The van der Waals surface area contributed by atoms with Crippen LogP contribution in [0.1, 0.15) is 17.3 Å². The summed E-state index contributed by atoms with van der Waals surface area (Å²) in [4.78, 5) is 11.2. The van der Waals surface area contributed by atoms with Gasteiger partial charge in [0.05, 0.1) is 10.0 Å². The van der Waals surface area contributed by atoms with Crippen LogP contribution in [0.4, 0.5) is 14.5 Å². The van der Waals surface area contributed by atoms with E-state index in [1.165, 1.54) is 19.1 Å². The summed E-state index contributed by atoms with van der Waals surface area (Å²) < 4.78 is 28.7. The topological polar surface area (TPSA) is 52.3 Å². The van der Waals surface area contributed by atoms with Gasteiger partial charge in [-0.1, -0.05) is 0 Å². The minimum Gasteiger partial charge on any atom is -0.433 e. The molecule has 0 radical (unpaired) electrons. The van der Waals surface area contributed by atoms with Gasteiger partial charge in [0.1, 0.15) is 0 Å². The molecule has 6 heteroatoms. The number of ketones is 1. The maximum atomic E-state index is 12.1. The lowest BCUT2D eigenvalue weighted by molar-refractivity contribution is -0.0505. The molecule has 0 fully saturated rings. The molecule has 15 heavy (non-hydrogen) atoms. The third-order valence-electron chi connectivity index (χ3n) is 1.70. The normalized spacial score (nSPS) is 10.5. The van der Waals surface area contributed by atoms with Crippen molar-refractivity contribution in [2.24, 2.45) is 0 Å². The SMILES string of the molecule is CC(=O)c1c(N)ccc(Br)c1OC(F)F. The first-order valence-electron chi connectivity index (χ1n) is 3.97. The number of benzene rings is 1. The number of hydrogen-bond acceptors (Lipinski definition) is 3. The van der Waals surface area contributed by atoms with Crippen LogP contribution in [0.3, 0.4) is 0 Å². The molecule has 0 unspecified atom stereocenters. The number of nitrogen functional groups attached to an aromatic ring is 1. The summed E-state index contributed by atoms with van der Waals surface area (Å²) in [5, 5.41) is 0. The number of ether oxygens (including phenoxy) is 1. The van der Waals surface area contributed by atoms with Crippen LogP contribution in [0.5, 0.6) is 5.75 Å². The largest absolute Gasteiger partial charge is 0.433 e. The van der Waals surface area contributed by atoms with Crippen LogP contribution in [0.2, 0.25) is 0 Å². The Morgan fingerprint density at radius 1 is 1.53 bits per heavy atom. The first-order chi connectivity index (χ1) is 6.93. The molecule has 1 rings (SSSR count). The Morgan fingerprint density at radius 3 is 2.60 bits per heavy atom. The van der Waals surface area contributed by atoms with Crippen LogP contribution >= 0.6 is 15.9 Å². The van der Waals surface area contributed by atoms with Gasteiger partial charge >= 0.3 is 6.61 Å². The lowest BCUT2D eigenvalue weighted by Gasteiger charge is -2.12. The van der Waals surface area contributed by atoms with Crippen molar-refractivity contribution in [3.8, 4) is 5.75 Å². The van der Waals surface area contributed by atoms with Gasteiger partial charge in [0, 0.05) is 5.69 Å². The lowest BCUT2D eigenvalue weighted by atomic mass is 10.1. The first kappa shape index (κ1) is 11.9. The summed E-state index contributed by atoms with van der Waals surface area (Å²) >= 11 is 3.01. The Kier molecular flexibility index (Phi) is 3.62. The minimum atomic E-state index is -3.00. The molecule has 82 valence electrons. The van der Waals surface area contributed by atoms with Crippen LogP contribution in [-0.2, 0) is 0 Å². The Morgan fingerprint density at radius 2 is 2.13 bits per heavy atom. The van der Waals surface area contributed by atoms with Crippen molar-refractivity contribution in [1.82, 2.24) is 0 Å². The predicted octanol–water partition coefficient (Wildman–Crippen LogP) is 2.84. The van der Waals surface area contributed by atoms with Crippen LogP contribution in [-0.4, -0.2) is 12.4 Å². The van der Waals surface area contributed by atoms with Gasteiger partial charge in [-0.15, -0.1) is 0 Å².